The molecule has 1 unspecified atom stereocenters. The van der Waals surface area contributed by atoms with Crippen molar-refractivity contribution < 1.29 is 14.4 Å². The Morgan fingerprint density at radius 1 is 0.900 bits per heavy atom. The number of amides is 3. The lowest BCUT2D eigenvalue weighted by molar-refractivity contribution is -0.127. The number of carbonyl (C=O) groups is 3. The lowest BCUT2D eigenvalue weighted by Gasteiger charge is -2.13. The molecule has 30 heavy (non-hydrogen) atoms. The number of Topliss-reactive ketones (excluding diaryl/α,β-unsaturated/α-hetero) is 1. The van der Waals surface area contributed by atoms with Crippen LogP contribution in [0, 0.1) is 0 Å². The van der Waals surface area contributed by atoms with Gasteiger partial charge in [0.25, 0.3) is 5.91 Å². The number of aromatic amines is 1. The molecular formula is C24H19N3O3. The third-order valence-corrected chi connectivity index (χ3v) is 5.60. The molecular weight excluding hydrogens is 378 g/mol. The van der Waals surface area contributed by atoms with Gasteiger partial charge in [0.1, 0.15) is 6.04 Å². The zero-order valence-electron chi connectivity index (χ0n) is 16.1. The minimum atomic E-state index is -0.683. The standard InChI is InChI=1S/C24H19N3O3/c28-22(19-10-5-7-15-6-1-2-8-17(15)19)14-27-23(29)21(26-24(27)30)12-16-13-25-20-11-4-3-9-18(16)20/h1-11,13,21,25H,12,14H2,(H,26,30). The molecule has 3 amide bonds. The fraction of sp³-hybridized carbons (Fsp3) is 0.125. The zero-order chi connectivity index (χ0) is 20.7. The molecule has 6 nitrogen and oxygen atoms in total. The van der Waals surface area contributed by atoms with Crippen molar-refractivity contribution in [2.24, 2.45) is 0 Å². The summed E-state index contributed by atoms with van der Waals surface area (Å²) in [5.41, 5.74) is 2.44. The molecule has 2 N–H and O–H groups in total. The Bertz CT molecular complexity index is 1300. The van der Waals surface area contributed by atoms with E-state index in [0.717, 1.165) is 32.1 Å². The van der Waals surface area contributed by atoms with E-state index in [9.17, 15) is 14.4 Å². The number of ketones is 1. The highest BCUT2D eigenvalue weighted by atomic mass is 16.2. The summed E-state index contributed by atoms with van der Waals surface area (Å²) in [4.78, 5) is 42.5. The second kappa shape index (κ2) is 7.15. The first kappa shape index (κ1) is 18.1. The summed E-state index contributed by atoms with van der Waals surface area (Å²) in [6, 6.07) is 19.6. The number of carbonyl (C=O) groups excluding carboxylic acids is 3. The first-order valence-corrected chi connectivity index (χ1v) is 9.79. The van der Waals surface area contributed by atoms with E-state index in [4.69, 9.17) is 0 Å². The van der Waals surface area contributed by atoms with Gasteiger partial charge >= 0.3 is 6.03 Å². The maximum atomic E-state index is 12.9. The van der Waals surface area contributed by atoms with Crippen LogP contribution < -0.4 is 5.32 Å². The zero-order valence-corrected chi connectivity index (χ0v) is 16.1. The Hall–Kier alpha value is -3.93. The number of urea groups is 1. The van der Waals surface area contributed by atoms with E-state index in [1.165, 1.54) is 0 Å². The smallest absolute Gasteiger partial charge is 0.325 e. The number of hydrogen-bond acceptors (Lipinski definition) is 3. The fourth-order valence-electron chi connectivity index (χ4n) is 4.08. The van der Waals surface area contributed by atoms with Gasteiger partial charge in [-0.3, -0.25) is 14.5 Å². The van der Waals surface area contributed by atoms with Crippen LogP contribution >= 0.6 is 0 Å². The molecule has 1 aromatic heterocycles. The summed E-state index contributed by atoms with van der Waals surface area (Å²) in [6.07, 6.45) is 2.22. The van der Waals surface area contributed by atoms with Crippen LogP contribution in [0.15, 0.2) is 72.9 Å². The molecule has 1 fully saturated rings. The number of para-hydroxylation sites is 1. The summed E-state index contributed by atoms with van der Waals surface area (Å²) in [5, 5.41) is 5.50. The van der Waals surface area contributed by atoms with Crippen molar-refractivity contribution in [2.45, 2.75) is 12.5 Å². The molecule has 4 aromatic rings. The van der Waals surface area contributed by atoms with Gasteiger partial charge in [0.15, 0.2) is 5.78 Å². The highest BCUT2D eigenvalue weighted by Gasteiger charge is 2.39. The van der Waals surface area contributed by atoms with Gasteiger partial charge in [0, 0.05) is 29.1 Å². The van der Waals surface area contributed by atoms with Gasteiger partial charge in [-0.15, -0.1) is 0 Å². The average molecular weight is 397 g/mol. The van der Waals surface area contributed by atoms with E-state index in [-0.39, 0.29) is 18.2 Å². The van der Waals surface area contributed by atoms with Crippen molar-refractivity contribution >= 4 is 39.4 Å². The van der Waals surface area contributed by atoms with Crippen LogP contribution in [-0.2, 0) is 11.2 Å². The lowest BCUT2D eigenvalue weighted by Crippen LogP contribution is -2.36. The van der Waals surface area contributed by atoms with Gasteiger partial charge in [-0.25, -0.2) is 4.79 Å². The molecule has 148 valence electrons. The molecule has 1 atom stereocenters. The van der Waals surface area contributed by atoms with Gasteiger partial charge in [0.2, 0.25) is 0 Å². The number of imide groups is 1. The van der Waals surface area contributed by atoms with Gasteiger partial charge in [-0.2, -0.15) is 0 Å². The predicted octanol–water partition coefficient (Wildman–Crippen LogP) is 3.67. The predicted molar refractivity (Wildman–Crippen MR) is 114 cm³/mol. The summed E-state index contributed by atoms with van der Waals surface area (Å²) in [7, 11) is 0. The molecule has 1 aliphatic rings. The Morgan fingerprint density at radius 3 is 2.50 bits per heavy atom. The Balaban J connectivity index is 1.36. The first-order chi connectivity index (χ1) is 14.6. The number of benzene rings is 3. The fourth-order valence-corrected chi connectivity index (χ4v) is 4.08. The van der Waals surface area contributed by atoms with Crippen molar-refractivity contribution in [2.75, 3.05) is 6.54 Å². The molecule has 0 aliphatic carbocycles. The Kier molecular flexibility index (Phi) is 4.32. The van der Waals surface area contributed by atoms with E-state index >= 15 is 0 Å². The monoisotopic (exact) mass is 397 g/mol. The highest BCUT2D eigenvalue weighted by molar-refractivity contribution is 6.13. The molecule has 2 heterocycles. The molecule has 6 heteroatoms. The number of nitrogens with one attached hydrogen (secondary N) is 2. The Labute approximate surface area is 172 Å². The topological polar surface area (TPSA) is 82.3 Å². The van der Waals surface area contributed by atoms with Crippen LogP contribution in [0.1, 0.15) is 15.9 Å². The maximum Gasteiger partial charge on any atom is 0.325 e. The largest absolute Gasteiger partial charge is 0.361 e. The maximum absolute atomic E-state index is 12.9. The van der Waals surface area contributed by atoms with Gasteiger partial charge < -0.3 is 10.3 Å². The van der Waals surface area contributed by atoms with Crippen LogP contribution in [0.4, 0.5) is 4.79 Å². The molecule has 3 aromatic carbocycles. The summed E-state index contributed by atoms with van der Waals surface area (Å²) in [6.45, 7) is -0.275. The van der Waals surface area contributed by atoms with E-state index in [0.29, 0.717) is 12.0 Å². The van der Waals surface area contributed by atoms with Crippen molar-refractivity contribution in [3.63, 3.8) is 0 Å². The molecule has 1 aliphatic heterocycles. The third-order valence-electron chi connectivity index (χ3n) is 5.60. The van der Waals surface area contributed by atoms with Crippen LogP contribution in [-0.4, -0.2) is 40.2 Å². The molecule has 1 saturated heterocycles. The highest BCUT2D eigenvalue weighted by Crippen LogP contribution is 2.23. The number of rotatable bonds is 5. The summed E-state index contributed by atoms with van der Waals surface area (Å²) in [5.74, 6) is -0.637. The van der Waals surface area contributed by atoms with Crippen molar-refractivity contribution in [1.82, 2.24) is 15.2 Å². The minimum absolute atomic E-state index is 0.261. The Morgan fingerprint density at radius 2 is 1.63 bits per heavy atom. The molecule has 0 saturated carbocycles. The molecule has 0 bridgehead atoms. The molecule has 5 rings (SSSR count). The normalized spacial score (nSPS) is 16.4. The number of aromatic nitrogens is 1. The van der Waals surface area contributed by atoms with Gasteiger partial charge in [-0.05, 0) is 22.4 Å². The van der Waals surface area contributed by atoms with Crippen LogP contribution in [0.2, 0.25) is 0 Å². The number of hydrogen-bond donors (Lipinski definition) is 2. The van der Waals surface area contributed by atoms with Crippen molar-refractivity contribution in [3.05, 3.63) is 84.1 Å². The van der Waals surface area contributed by atoms with E-state index in [1.54, 1.807) is 12.1 Å². The van der Waals surface area contributed by atoms with E-state index < -0.39 is 12.1 Å². The summed E-state index contributed by atoms with van der Waals surface area (Å²) >= 11 is 0. The second-order valence-electron chi connectivity index (χ2n) is 7.44. The SMILES string of the molecule is O=C(CN1C(=O)NC(Cc2c[nH]c3ccccc23)C1=O)c1cccc2ccccc12. The third kappa shape index (κ3) is 3.03. The second-order valence-corrected chi connectivity index (χ2v) is 7.44. The van der Waals surface area contributed by atoms with Gasteiger partial charge in [-0.1, -0.05) is 60.7 Å². The van der Waals surface area contributed by atoms with Crippen molar-refractivity contribution in [3.8, 4) is 0 Å². The summed E-state index contributed by atoms with van der Waals surface area (Å²) < 4.78 is 0. The molecule has 0 radical (unpaired) electrons. The van der Waals surface area contributed by atoms with Crippen molar-refractivity contribution in [1.29, 1.82) is 0 Å². The number of H-pyrrole nitrogens is 1. The molecule has 0 spiro atoms. The van der Waals surface area contributed by atoms with E-state index in [1.807, 2.05) is 60.8 Å². The number of nitrogens with zero attached hydrogens (tertiary/aromatic N) is 1. The van der Waals surface area contributed by atoms with Gasteiger partial charge in [0.05, 0.1) is 6.54 Å². The first-order valence-electron chi connectivity index (χ1n) is 9.79. The van der Waals surface area contributed by atoms with Crippen LogP contribution in [0.25, 0.3) is 21.7 Å². The quantitative estimate of drug-likeness (QED) is 0.398. The minimum Gasteiger partial charge on any atom is -0.361 e. The van der Waals surface area contributed by atoms with Crippen LogP contribution in [0.3, 0.4) is 0 Å². The van der Waals surface area contributed by atoms with E-state index in [2.05, 4.69) is 10.3 Å². The number of fused-ring (bicyclic) bond motifs is 2. The average Bonchev–Trinajstić information content (AvgIpc) is 3.29. The lowest BCUT2D eigenvalue weighted by atomic mass is 10.0. The van der Waals surface area contributed by atoms with Crippen LogP contribution in [0.5, 0.6) is 0 Å².